The number of Topliss-reactive ketones (excluding diaryl/α,β-unsaturated/α-hetero) is 1. The van der Waals surface area contributed by atoms with Gasteiger partial charge in [0.2, 0.25) is 11.8 Å². The van der Waals surface area contributed by atoms with E-state index in [1.807, 2.05) is 6.07 Å². The number of piperidine rings is 1. The average Bonchev–Trinajstić information content (AvgIpc) is 3.11. The number of benzene rings is 1. The maximum absolute atomic E-state index is 11.9. The van der Waals surface area contributed by atoms with Crippen LogP contribution in [-0.2, 0) is 9.59 Å². The summed E-state index contributed by atoms with van der Waals surface area (Å²) >= 11 is 0. The van der Waals surface area contributed by atoms with Gasteiger partial charge in [-0.1, -0.05) is 30.3 Å². The Labute approximate surface area is 98.2 Å². The highest BCUT2D eigenvalue weighted by Gasteiger charge is 2.58. The molecule has 1 aromatic rings. The molecule has 0 aromatic heterocycles. The molecule has 0 N–H and O–H groups in total. The number of hydrogen-bond acceptors (Lipinski definition) is 3. The van der Waals surface area contributed by atoms with E-state index in [0.717, 1.165) is 4.90 Å². The summed E-state index contributed by atoms with van der Waals surface area (Å²) in [7, 11) is 0. The van der Waals surface area contributed by atoms with Gasteiger partial charge in [-0.3, -0.25) is 19.3 Å². The van der Waals surface area contributed by atoms with E-state index in [1.54, 1.807) is 24.3 Å². The molecule has 4 nitrogen and oxygen atoms in total. The minimum absolute atomic E-state index is 0.116. The molecule has 4 heteroatoms. The molecular formula is C13H11NO3. The van der Waals surface area contributed by atoms with Gasteiger partial charge in [-0.2, -0.15) is 0 Å². The molecular weight excluding hydrogens is 218 g/mol. The third kappa shape index (κ3) is 1.56. The van der Waals surface area contributed by atoms with Crippen LogP contribution in [-0.4, -0.2) is 29.0 Å². The fourth-order valence-electron chi connectivity index (χ4n) is 2.26. The van der Waals surface area contributed by atoms with E-state index in [-0.39, 0.29) is 36.0 Å². The molecule has 17 heavy (non-hydrogen) atoms. The number of nitrogens with zero attached hydrogens (tertiary/aromatic N) is 1. The molecule has 0 bridgehead atoms. The maximum Gasteiger partial charge on any atom is 0.233 e. The molecule has 3 rings (SSSR count). The van der Waals surface area contributed by atoms with Crippen LogP contribution in [0.15, 0.2) is 30.3 Å². The highest BCUT2D eigenvalue weighted by atomic mass is 16.2. The molecule has 1 aliphatic carbocycles. The van der Waals surface area contributed by atoms with Crippen molar-refractivity contribution in [3.05, 3.63) is 35.9 Å². The van der Waals surface area contributed by atoms with Crippen molar-refractivity contribution >= 4 is 17.6 Å². The number of carbonyl (C=O) groups excluding carboxylic acids is 3. The van der Waals surface area contributed by atoms with Gasteiger partial charge in [0.15, 0.2) is 5.78 Å². The molecule has 1 aliphatic heterocycles. The molecule has 1 saturated heterocycles. The lowest BCUT2D eigenvalue weighted by atomic mass is 10.1. The summed E-state index contributed by atoms with van der Waals surface area (Å²) in [5.41, 5.74) is 0.536. The monoisotopic (exact) mass is 229 g/mol. The largest absolute Gasteiger partial charge is 0.292 e. The summed E-state index contributed by atoms with van der Waals surface area (Å²) in [5.74, 6) is -0.806. The topological polar surface area (TPSA) is 54.5 Å². The Morgan fingerprint density at radius 2 is 1.71 bits per heavy atom. The van der Waals surface area contributed by atoms with Gasteiger partial charge in [0.05, 0.1) is 18.4 Å². The summed E-state index contributed by atoms with van der Waals surface area (Å²) in [6, 6.07) is 8.72. The molecule has 2 fully saturated rings. The van der Waals surface area contributed by atoms with Gasteiger partial charge < -0.3 is 0 Å². The fourth-order valence-corrected chi connectivity index (χ4v) is 2.26. The molecule has 0 radical (unpaired) electrons. The molecule has 1 aromatic carbocycles. The van der Waals surface area contributed by atoms with Gasteiger partial charge in [-0.25, -0.2) is 0 Å². The molecule has 2 unspecified atom stereocenters. The van der Waals surface area contributed by atoms with Gasteiger partial charge in [0.1, 0.15) is 0 Å². The van der Waals surface area contributed by atoms with Crippen LogP contribution in [0, 0.1) is 11.8 Å². The lowest BCUT2D eigenvalue weighted by Crippen LogP contribution is -2.37. The van der Waals surface area contributed by atoms with Gasteiger partial charge in [0, 0.05) is 5.56 Å². The van der Waals surface area contributed by atoms with Gasteiger partial charge >= 0.3 is 0 Å². The summed E-state index contributed by atoms with van der Waals surface area (Å²) in [5, 5.41) is 0. The van der Waals surface area contributed by atoms with Crippen molar-refractivity contribution in [1.82, 2.24) is 4.90 Å². The van der Waals surface area contributed by atoms with E-state index in [9.17, 15) is 14.4 Å². The third-order valence-electron chi connectivity index (χ3n) is 3.35. The van der Waals surface area contributed by atoms with Crippen molar-refractivity contribution in [2.45, 2.75) is 6.42 Å². The van der Waals surface area contributed by atoms with Gasteiger partial charge in [-0.15, -0.1) is 0 Å². The molecule has 2 atom stereocenters. The zero-order valence-electron chi connectivity index (χ0n) is 9.13. The maximum atomic E-state index is 11.9. The number of rotatable bonds is 3. The number of carbonyl (C=O) groups is 3. The first-order valence-electron chi connectivity index (χ1n) is 5.62. The number of hydrogen-bond donors (Lipinski definition) is 0. The first-order chi connectivity index (χ1) is 8.18. The number of imide groups is 1. The lowest BCUT2D eigenvalue weighted by molar-refractivity contribution is -0.140. The third-order valence-corrected chi connectivity index (χ3v) is 3.35. The number of amides is 2. The van der Waals surface area contributed by atoms with Gasteiger partial charge in [-0.05, 0) is 6.42 Å². The van der Waals surface area contributed by atoms with Crippen LogP contribution in [0.3, 0.4) is 0 Å². The standard InChI is InChI=1S/C13H11NO3/c15-11(8-4-2-1-3-5-8)7-14-12(16)9-6-10(9)13(14)17/h1-5,9-10H,6-7H2. The Bertz CT molecular complexity index is 489. The minimum atomic E-state index is -0.186. The predicted molar refractivity (Wildman–Crippen MR) is 59.1 cm³/mol. The van der Waals surface area contributed by atoms with Crippen LogP contribution < -0.4 is 0 Å². The van der Waals surface area contributed by atoms with Crippen LogP contribution in [0.4, 0.5) is 0 Å². The fraction of sp³-hybridized carbons (Fsp3) is 0.308. The van der Waals surface area contributed by atoms with Crippen LogP contribution in [0.2, 0.25) is 0 Å². The van der Waals surface area contributed by atoms with Gasteiger partial charge in [0.25, 0.3) is 0 Å². The summed E-state index contributed by atoms with van der Waals surface area (Å²) in [6.45, 7) is -0.116. The van der Waals surface area contributed by atoms with Crippen LogP contribution in [0.25, 0.3) is 0 Å². The number of fused-ring (bicyclic) bond motifs is 1. The van der Waals surface area contributed by atoms with Crippen molar-refractivity contribution in [2.75, 3.05) is 6.54 Å². The highest BCUT2D eigenvalue weighted by molar-refractivity contribution is 6.12. The number of likely N-dealkylation sites (tertiary alicyclic amines) is 1. The summed E-state index contributed by atoms with van der Waals surface area (Å²) < 4.78 is 0. The first kappa shape index (κ1) is 10.2. The summed E-state index contributed by atoms with van der Waals surface area (Å²) in [4.78, 5) is 36.3. The molecule has 1 saturated carbocycles. The van der Waals surface area contributed by atoms with E-state index in [4.69, 9.17) is 0 Å². The second-order valence-electron chi connectivity index (χ2n) is 4.50. The van der Waals surface area contributed by atoms with Crippen LogP contribution in [0.5, 0.6) is 0 Å². The van der Waals surface area contributed by atoms with E-state index in [0.29, 0.717) is 12.0 Å². The first-order valence-corrected chi connectivity index (χ1v) is 5.62. The van der Waals surface area contributed by atoms with E-state index < -0.39 is 0 Å². The SMILES string of the molecule is O=C(CN1C(=O)C2CC2C1=O)c1ccccc1. The number of ketones is 1. The summed E-state index contributed by atoms with van der Waals surface area (Å²) in [6.07, 6.45) is 0.674. The van der Waals surface area contributed by atoms with Crippen LogP contribution in [0.1, 0.15) is 16.8 Å². The Balaban J connectivity index is 1.74. The molecule has 1 heterocycles. The smallest absolute Gasteiger partial charge is 0.233 e. The Hall–Kier alpha value is -1.97. The Morgan fingerprint density at radius 3 is 2.29 bits per heavy atom. The molecule has 86 valence electrons. The highest BCUT2D eigenvalue weighted by Crippen LogP contribution is 2.46. The van der Waals surface area contributed by atoms with Crippen molar-refractivity contribution < 1.29 is 14.4 Å². The molecule has 0 spiro atoms. The van der Waals surface area contributed by atoms with Crippen molar-refractivity contribution in [3.63, 3.8) is 0 Å². The van der Waals surface area contributed by atoms with E-state index in [1.165, 1.54) is 0 Å². The Morgan fingerprint density at radius 1 is 1.12 bits per heavy atom. The van der Waals surface area contributed by atoms with E-state index >= 15 is 0 Å². The van der Waals surface area contributed by atoms with Crippen molar-refractivity contribution in [3.8, 4) is 0 Å². The predicted octanol–water partition coefficient (Wildman–Crippen LogP) is 0.874. The molecule has 2 aliphatic rings. The van der Waals surface area contributed by atoms with Crippen molar-refractivity contribution in [2.24, 2.45) is 11.8 Å². The average molecular weight is 229 g/mol. The van der Waals surface area contributed by atoms with Crippen molar-refractivity contribution in [1.29, 1.82) is 0 Å². The quantitative estimate of drug-likeness (QED) is 0.571. The normalized spacial score (nSPS) is 26.0. The second-order valence-corrected chi connectivity index (χ2v) is 4.50. The zero-order valence-corrected chi connectivity index (χ0v) is 9.13. The van der Waals surface area contributed by atoms with E-state index in [2.05, 4.69) is 0 Å². The van der Waals surface area contributed by atoms with Crippen LogP contribution >= 0.6 is 0 Å². The second kappa shape index (κ2) is 3.52. The zero-order chi connectivity index (χ0) is 12.0. The minimum Gasteiger partial charge on any atom is -0.292 e. The molecule has 2 amide bonds. The lowest BCUT2D eigenvalue weighted by Gasteiger charge is -2.15. The Kier molecular flexibility index (Phi) is 2.11.